The summed E-state index contributed by atoms with van der Waals surface area (Å²) < 4.78 is 15.9. The highest BCUT2D eigenvalue weighted by Crippen LogP contribution is 2.22. The molecule has 0 unspecified atom stereocenters. The van der Waals surface area contributed by atoms with E-state index in [0.29, 0.717) is 0 Å². The third-order valence-corrected chi connectivity index (χ3v) is 3.06. The molecule has 1 rings (SSSR count). The molecule has 0 aromatic heterocycles. The van der Waals surface area contributed by atoms with Crippen molar-refractivity contribution in [2.24, 2.45) is 0 Å². The van der Waals surface area contributed by atoms with Gasteiger partial charge in [0.05, 0.1) is 6.67 Å². The van der Waals surface area contributed by atoms with E-state index in [2.05, 4.69) is 26.1 Å². The van der Waals surface area contributed by atoms with Gasteiger partial charge < -0.3 is 15.2 Å². The van der Waals surface area contributed by atoms with Crippen LogP contribution in [0, 0.1) is 0 Å². The fourth-order valence-electron chi connectivity index (χ4n) is 1.58. The minimum absolute atomic E-state index is 0.0816. The molecule has 0 bridgehead atoms. The van der Waals surface area contributed by atoms with Gasteiger partial charge in [-0.3, -0.25) is 9.18 Å². The van der Waals surface area contributed by atoms with E-state index < -0.39 is 18.6 Å². The fourth-order valence-corrected chi connectivity index (χ4v) is 1.58. The van der Waals surface area contributed by atoms with Crippen molar-refractivity contribution < 1.29 is 23.8 Å². The molecule has 1 amide bonds. The molecule has 24 heavy (non-hydrogen) atoms. The first-order valence-corrected chi connectivity index (χ1v) is 7.98. The number of rotatable bonds is 6. The van der Waals surface area contributed by atoms with Crippen molar-refractivity contribution in [1.82, 2.24) is 5.32 Å². The van der Waals surface area contributed by atoms with Crippen molar-refractivity contribution in [3.8, 4) is 0 Å². The Kier molecular flexibility index (Phi) is 10.4. The van der Waals surface area contributed by atoms with E-state index in [1.54, 1.807) is 0 Å². The molecule has 1 aromatic carbocycles. The molecule has 6 heteroatoms. The number of aliphatic carboxylic acids is 1. The maximum absolute atomic E-state index is 11.2. The largest absolute Gasteiger partial charge is 0.480 e. The first kappa shape index (κ1) is 21.9. The van der Waals surface area contributed by atoms with E-state index in [0.717, 1.165) is 18.4 Å². The third kappa shape index (κ3) is 10.6. The molecule has 0 spiro atoms. The van der Waals surface area contributed by atoms with E-state index in [4.69, 9.17) is 9.84 Å². The summed E-state index contributed by atoms with van der Waals surface area (Å²) in [4.78, 5) is 21.4. The number of hydrogen-bond acceptors (Lipinski definition) is 3. The lowest BCUT2D eigenvalue weighted by Crippen LogP contribution is -2.29. The first-order chi connectivity index (χ1) is 11.2. The third-order valence-electron chi connectivity index (χ3n) is 3.06. The number of benzene rings is 1. The van der Waals surface area contributed by atoms with Gasteiger partial charge in [-0.05, 0) is 23.0 Å². The Bertz CT molecular complexity index is 493. The molecule has 0 aliphatic rings. The summed E-state index contributed by atoms with van der Waals surface area (Å²) in [6.07, 6.45) is 0.957. The SMILES string of the molecule is CC(C)(C)c1ccc(COC(=O)NCC(=O)O)cc1.CCCCF. The van der Waals surface area contributed by atoms with Crippen LogP contribution in [0.5, 0.6) is 0 Å². The standard InChI is InChI=1S/C14H19NO4.C4H9F/c1-14(2,3)11-6-4-10(5-7-11)9-19-13(18)15-8-12(16)17;1-2-3-4-5/h4-7H,8-9H2,1-3H3,(H,15,18)(H,16,17);2-4H2,1H3. The molecule has 0 radical (unpaired) electrons. The molecule has 2 N–H and O–H groups in total. The van der Waals surface area contributed by atoms with Crippen molar-refractivity contribution in [2.45, 2.75) is 52.6 Å². The van der Waals surface area contributed by atoms with Crippen molar-refractivity contribution in [1.29, 1.82) is 0 Å². The Morgan fingerprint density at radius 1 is 1.21 bits per heavy atom. The Morgan fingerprint density at radius 3 is 2.17 bits per heavy atom. The fraction of sp³-hybridized carbons (Fsp3) is 0.556. The van der Waals surface area contributed by atoms with E-state index in [-0.39, 0.29) is 18.7 Å². The molecule has 5 nitrogen and oxygen atoms in total. The second kappa shape index (κ2) is 11.4. The molecule has 0 saturated heterocycles. The molecule has 1 aromatic rings. The van der Waals surface area contributed by atoms with Crippen LogP contribution in [0.25, 0.3) is 0 Å². The van der Waals surface area contributed by atoms with Crippen LogP contribution in [0.4, 0.5) is 9.18 Å². The quantitative estimate of drug-likeness (QED) is 0.818. The van der Waals surface area contributed by atoms with Crippen molar-refractivity contribution in [3.05, 3.63) is 35.4 Å². The lowest BCUT2D eigenvalue weighted by molar-refractivity contribution is -0.135. The summed E-state index contributed by atoms with van der Waals surface area (Å²) in [6.45, 7) is 7.86. The lowest BCUT2D eigenvalue weighted by Gasteiger charge is -2.19. The minimum atomic E-state index is -1.11. The van der Waals surface area contributed by atoms with E-state index >= 15 is 0 Å². The van der Waals surface area contributed by atoms with E-state index in [9.17, 15) is 14.0 Å². The summed E-state index contributed by atoms with van der Waals surface area (Å²) in [5.74, 6) is -1.11. The number of unbranched alkanes of at least 4 members (excludes halogenated alkanes) is 1. The summed E-state index contributed by atoms with van der Waals surface area (Å²) in [5.41, 5.74) is 2.14. The van der Waals surface area contributed by atoms with Gasteiger partial charge in [-0.25, -0.2) is 4.79 Å². The van der Waals surface area contributed by atoms with Crippen molar-refractivity contribution in [3.63, 3.8) is 0 Å². The van der Waals surface area contributed by atoms with Crippen LogP contribution in [0.1, 0.15) is 51.7 Å². The highest BCUT2D eigenvalue weighted by Gasteiger charge is 2.13. The number of carbonyl (C=O) groups is 2. The highest BCUT2D eigenvalue weighted by atomic mass is 19.1. The van der Waals surface area contributed by atoms with Crippen LogP contribution in [0.15, 0.2) is 24.3 Å². The number of carboxylic acid groups (broad SMARTS) is 1. The first-order valence-electron chi connectivity index (χ1n) is 7.98. The molecule has 0 heterocycles. The van der Waals surface area contributed by atoms with Gasteiger partial charge in [0.1, 0.15) is 13.2 Å². The molecule has 0 saturated carbocycles. The number of nitrogens with one attached hydrogen (secondary N) is 1. The molecule has 0 aliphatic carbocycles. The maximum Gasteiger partial charge on any atom is 0.407 e. The highest BCUT2D eigenvalue weighted by molar-refractivity contribution is 5.76. The smallest absolute Gasteiger partial charge is 0.407 e. The Labute approximate surface area is 143 Å². The van der Waals surface area contributed by atoms with Crippen molar-refractivity contribution in [2.75, 3.05) is 13.2 Å². The minimum Gasteiger partial charge on any atom is -0.480 e. The number of ether oxygens (including phenoxy) is 1. The predicted octanol–water partition coefficient (Wildman–Crippen LogP) is 4.05. The Balaban J connectivity index is 0.000000922. The summed E-state index contributed by atoms with van der Waals surface area (Å²) in [6, 6.07) is 7.78. The topological polar surface area (TPSA) is 75.6 Å². The van der Waals surface area contributed by atoms with Crippen LogP contribution < -0.4 is 5.32 Å². The summed E-state index contributed by atoms with van der Waals surface area (Å²) in [5, 5.41) is 10.5. The number of halogens is 1. The number of carbonyl (C=O) groups excluding carboxylic acids is 1. The zero-order valence-electron chi connectivity index (χ0n) is 14.9. The monoisotopic (exact) mass is 341 g/mol. The molecule has 136 valence electrons. The number of hydrogen-bond donors (Lipinski definition) is 2. The molecular formula is C18H28FNO4. The van der Waals surface area contributed by atoms with Gasteiger partial charge in [-0.2, -0.15) is 0 Å². The molecule has 0 atom stereocenters. The van der Waals surface area contributed by atoms with Crippen molar-refractivity contribution >= 4 is 12.1 Å². The van der Waals surface area contributed by atoms with Gasteiger partial charge in [0, 0.05) is 0 Å². The maximum atomic E-state index is 11.2. The summed E-state index contributed by atoms with van der Waals surface area (Å²) in [7, 11) is 0. The summed E-state index contributed by atoms with van der Waals surface area (Å²) >= 11 is 0. The average molecular weight is 341 g/mol. The number of amides is 1. The Hall–Kier alpha value is -2.11. The van der Waals surface area contributed by atoms with Gasteiger partial charge in [0.2, 0.25) is 0 Å². The van der Waals surface area contributed by atoms with Crippen LogP contribution >= 0.6 is 0 Å². The normalized spacial score (nSPS) is 10.4. The van der Waals surface area contributed by atoms with Gasteiger partial charge in [-0.1, -0.05) is 58.4 Å². The predicted molar refractivity (Wildman–Crippen MR) is 91.8 cm³/mol. The second-order valence-corrected chi connectivity index (χ2v) is 6.31. The van der Waals surface area contributed by atoms with Crippen LogP contribution in [0.2, 0.25) is 0 Å². The second-order valence-electron chi connectivity index (χ2n) is 6.31. The zero-order valence-corrected chi connectivity index (χ0v) is 14.9. The van der Waals surface area contributed by atoms with Crippen LogP contribution in [0.3, 0.4) is 0 Å². The zero-order chi connectivity index (χ0) is 18.6. The average Bonchev–Trinajstić information content (AvgIpc) is 2.52. The lowest BCUT2D eigenvalue weighted by atomic mass is 9.87. The van der Waals surface area contributed by atoms with Crippen LogP contribution in [-0.2, 0) is 21.6 Å². The van der Waals surface area contributed by atoms with E-state index in [1.807, 2.05) is 31.2 Å². The molecule has 0 fully saturated rings. The van der Waals surface area contributed by atoms with Gasteiger partial charge in [0.25, 0.3) is 0 Å². The number of alkyl halides is 1. The molecular weight excluding hydrogens is 313 g/mol. The number of alkyl carbamates (subject to hydrolysis) is 1. The molecule has 0 aliphatic heterocycles. The van der Waals surface area contributed by atoms with E-state index in [1.165, 1.54) is 5.56 Å². The van der Waals surface area contributed by atoms with Crippen LogP contribution in [-0.4, -0.2) is 30.4 Å². The van der Waals surface area contributed by atoms with Gasteiger partial charge >= 0.3 is 12.1 Å². The Morgan fingerprint density at radius 2 is 1.79 bits per heavy atom. The number of carboxylic acids is 1. The van der Waals surface area contributed by atoms with Gasteiger partial charge in [0.15, 0.2) is 0 Å². The van der Waals surface area contributed by atoms with Gasteiger partial charge in [-0.15, -0.1) is 0 Å².